The second-order valence-corrected chi connectivity index (χ2v) is 4.19. The highest BCUT2D eigenvalue weighted by molar-refractivity contribution is 6.06. The highest BCUT2D eigenvalue weighted by Gasteiger charge is 2.17. The van der Waals surface area contributed by atoms with Crippen molar-refractivity contribution in [3.63, 3.8) is 0 Å². The minimum absolute atomic E-state index is 0.128. The number of carbonyl (C=O) groups excluding carboxylic acids is 1. The van der Waals surface area contributed by atoms with Gasteiger partial charge in [-0.1, -0.05) is 6.07 Å². The van der Waals surface area contributed by atoms with Crippen LogP contribution < -0.4 is 15.4 Å². The lowest BCUT2D eigenvalue weighted by Gasteiger charge is -2.22. The van der Waals surface area contributed by atoms with Gasteiger partial charge >= 0.3 is 0 Å². The molecule has 0 radical (unpaired) electrons. The Balaban J connectivity index is 2.33. The van der Waals surface area contributed by atoms with Gasteiger partial charge in [0, 0.05) is 37.2 Å². The van der Waals surface area contributed by atoms with E-state index in [9.17, 15) is 4.79 Å². The van der Waals surface area contributed by atoms with Crippen molar-refractivity contribution in [2.75, 3.05) is 25.1 Å². The van der Waals surface area contributed by atoms with Crippen LogP contribution in [0.4, 0.5) is 5.69 Å². The molecule has 0 aliphatic rings. The molecule has 0 aliphatic carbocycles. The second kappa shape index (κ2) is 6.68. The summed E-state index contributed by atoms with van der Waals surface area (Å²) in [6.45, 7) is 0.810. The molecule has 0 unspecified atom stereocenters. The molecule has 0 bridgehead atoms. The number of anilines is 1. The molecule has 0 fully saturated rings. The second-order valence-electron chi connectivity index (χ2n) is 4.19. The van der Waals surface area contributed by atoms with Crippen molar-refractivity contribution in [2.24, 2.45) is 5.73 Å². The maximum atomic E-state index is 12.5. The first kappa shape index (κ1) is 14.0. The highest BCUT2D eigenvalue weighted by atomic mass is 16.5. The Kier molecular flexibility index (Phi) is 4.68. The number of benzene rings is 1. The van der Waals surface area contributed by atoms with Crippen molar-refractivity contribution < 1.29 is 9.53 Å². The maximum absolute atomic E-state index is 12.5. The van der Waals surface area contributed by atoms with Crippen molar-refractivity contribution in [3.05, 3.63) is 54.4 Å². The largest absolute Gasteiger partial charge is 0.497 e. The molecule has 0 saturated heterocycles. The fraction of sp³-hybridized carbons (Fsp3) is 0.200. The molecule has 1 amide bonds. The van der Waals surface area contributed by atoms with Crippen LogP contribution in [0.5, 0.6) is 5.75 Å². The predicted octanol–water partition coefficient (Wildman–Crippen LogP) is 1.70. The molecule has 1 heterocycles. The zero-order chi connectivity index (χ0) is 14.4. The van der Waals surface area contributed by atoms with E-state index in [2.05, 4.69) is 4.98 Å². The number of hydrogen-bond acceptors (Lipinski definition) is 4. The Morgan fingerprint density at radius 1 is 1.35 bits per heavy atom. The van der Waals surface area contributed by atoms with Crippen molar-refractivity contribution in [1.82, 2.24) is 4.98 Å². The van der Waals surface area contributed by atoms with Gasteiger partial charge in [-0.3, -0.25) is 9.78 Å². The maximum Gasteiger partial charge on any atom is 0.259 e. The first-order chi connectivity index (χ1) is 9.76. The van der Waals surface area contributed by atoms with Gasteiger partial charge in [-0.25, -0.2) is 0 Å². The van der Waals surface area contributed by atoms with Crippen molar-refractivity contribution in [1.29, 1.82) is 0 Å². The number of hydrogen-bond donors (Lipinski definition) is 1. The van der Waals surface area contributed by atoms with Crippen LogP contribution in [-0.4, -0.2) is 31.1 Å². The molecule has 2 N–H and O–H groups in total. The van der Waals surface area contributed by atoms with E-state index >= 15 is 0 Å². The third kappa shape index (κ3) is 3.13. The lowest BCUT2D eigenvalue weighted by atomic mass is 10.2. The summed E-state index contributed by atoms with van der Waals surface area (Å²) in [4.78, 5) is 18.1. The predicted molar refractivity (Wildman–Crippen MR) is 78.0 cm³/mol. The van der Waals surface area contributed by atoms with E-state index in [1.54, 1.807) is 36.5 Å². The minimum atomic E-state index is -0.128. The molecule has 0 atom stereocenters. The van der Waals surface area contributed by atoms with Gasteiger partial charge < -0.3 is 15.4 Å². The third-order valence-corrected chi connectivity index (χ3v) is 2.87. The molecule has 1 aromatic heterocycles. The van der Waals surface area contributed by atoms with Crippen LogP contribution in [0, 0.1) is 0 Å². The summed E-state index contributed by atoms with van der Waals surface area (Å²) in [5.74, 6) is 0.570. The Morgan fingerprint density at radius 3 is 2.85 bits per heavy atom. The lowest BCUT2D eigenvalue weighted by Crippen LogP contribution is -2.35. The van der Waals surface area contributed by atoms with Gasteiger partial charge in [0.15, 0.2) is 0 Å². The molecule has 1 aromatic carbocycles. The number of nitrogens with two attached hydrogens (primary N) is 1. The van der Waals surface area contributed by atoms with E-state index in [0.717, 1.165) is 5.69 Å². The van der Waals surface area contributed by atoms with Crippen LogP contribution in [0.15, 0.2) is 48.8 Å². The summed E-state index contributed by atoms with van der Waals surface area (Å²) in [5, 5.41) is 0. The topological polar surface area (TPSA) is 68.5 Å². The van der Waals surface area contributed by atoms with Gasteiger partial charge in [-0.05, 0) is 24.3 Å². The van der Waals surface area contributed by atoms with Gasteiger partial charge in [0.25, 0.3) is 5.91 Å². The van der Waals surface area contributed by atoms with Crippen molar-refractivity contribution >= 4 is 11.6 Å². The van der Waals surface area contributed by atoms with Crippen molar-refractivity contribution in [3.8, 4) is 5.75 Å². The Morgan fingerprint density at radius 2 is 2.20 bits per heavy atom. The number of methoxy groups -OCH3 is 1. The zero-order valence-corrected chi connectivity index (χ0v) is 11.3. The Bertz CT molecular complexity index is 572. The van der Waals surface area contributed by atoms with E-state index in [0.29, 0.717) is 24.4 Å². The van der Waals surface area contributed by atoms with Crippen LogP contribution in [0.3, 0.4) is 0 Å². The standard InChI is InChI=1S/C15H17N3O2/c1-20-14-6-2-5-13(10-14)18(9-7-16)15(19)12-4-3-8-17-11-12/h2-6,8,10-11H,7,9,16H2,1H3. The molecular weight excluding hydrogens is 254 g/mol. The average molecular weight is 271 g/mol. The number of aromatic nitrogens is 1. The van der Waals surface area contributed by atoms with E-state index in [1.165, 1.54) is 0 Å². The van der Waals surface area contributed by atoms with E-state index < -0.39 is 0 Å². The first-order valence-electron chi connectivity index (χ1n) is 6.32. The molecule has 2 rings (SSSR count). The van der Waals surface area contributed by atoms with Gasteiger partial charge in [0.1, 0.15) is 5.75 Å². The molecule has 2 aromatic rings. The zero-order valence-electron chi connectivity index (χ0n) is 11.3. The Labute approximate surface area is 118 Å². The van der Waals surface area contributed by atoms with Gasteiger partial charge in [0.2, 0.25) is 0 Å². The van der Waals surface area contributed by atoms with E-state index in [-0.39, 0.29) is 5.91 Å². The van der Waals surface area contributed by atoms with Crippen molar-refractivity contribution in [2.45, 2.75) is 0 Å². The SMILES string of the molecule is COc1cccc(N(CCN)C(=O)c2cccnc2)c1. The third-order valence-electron chi connectivity index (χ3n) is 2.87. The van der Waals surface area contributed by atoms with E-state index in [4.69, 9.17) is 10.5 Å². The van der Waals surface area contributed by atoms with Gasteiger partial charge in [-0.2, -0.15) is 0 Å². The Hall–Kier alpha value is -2.40. The average Bonchev–Trinajstić information content (AvgIpc) is 2.53. The molecule has 5 nitrogen and oxygen atoms in total. The van der Waals surface area contributed by atoms with Crippen LogP contribution in [0.2, 0.25) is 0 Å². The molecule has 0 spiro atoms. The molecule has 104 valence electrons. The smallest absolute Gasteiger partial charge is 0.259 e. The van der Waals surface area contributed by atoms with Crippen LogP contribution in [-0.2, 0) is 0 Å². The molecule has 0 saturated carbocycles. The van der Waals surface area contributed by atoms with Crippen LogP contribution >= 0.6 is 0 Å². The number of rotatable bonds is 5. The quantitative estimate of drug-likeness (QED) is 0.898. The number of amides is 1. The molecule has 0 aliphatic heterocycles. The fourth-order valence-electron chi connectivity index (χ4n) is 1.90. The lowest BCUT2D eigenvalue weighted by molar-refractivity contribution is 0.0987. The van der Waals surface area contributed by atoms with Gasteiger partial charge in [-0.15, -0.1) is 0 Å². The highest BCUT2D eigenvalue weighted by Crippen LogP contribution is 2.22. The van der Waals surface area contributed by atoms with Crippen LogP contribution in [0.25, 0.3) is 0 Å². The number of ether oxygens (including phenoxy) is 1. The summed E-state index contributed by atoms with van der Waals surface area (Å²) in [5.41, 5.74) is 6.90. The monoisotopic (exact) mass is 271 g/mol. The minimum Gasteiger partial charge on any atom is -0.497 e. The molecular formula is C15H17N3O2. The number of pyridine rings is 1. The fourth-order valence-corrected chi connectivity index (χ4v) is 1.90. The number of nitrogens with zero attached hydrogens (tertiary/aromatic N) is 2. The van der Waals surface area contributed by atoms with Gasteiger partial charge in [0.05, 0.1) is 12.7 Å². The summed E-state index contributed by atoms with van der Waals surface area (Å²) in [6.07, 6.45) is 3.18. The molecule has 5 heteroatoms. The number of carbonyl (C=O) groups is 1. The normalized spacial score (nSPS) is 10.1. The van der Waals surface area contributed by atoms with E-state index in [1.807, 2.05) is 24.3 Å². The van der Waals surface area contributed by atoms with Crippen LogP contribution in [0.1, 0.15) is 10.4 Å². The summed E-state index contributed by atoms with van der Waals surface area (Å²) < 4.78 is 5.19. The first-order valence-corrected chi connectivity index (χ1v) is 6.32. The summed E-state index contributed by atoms with van der Waals surface area (Å²) >= 11 is 0. The molecule has 20 heavy (non-hydrogen) atoms. The summed E-state index contributed by atoms with van der Waals surface area (Å²) in [6, 6.07) is 10.8. The summed E-state index contributed by atoms with van der Waals surface area (Å²) in [7, 11) is 1.59.